The molecule has 0 radical (unpaired) electrons. The van der Waals surface area contributed by atoms with Gasteiger partial charge in [-0.25, -0.2) is 13.5 Å². The fraction of sp³-hybridized carbons (Fsp3) is 0.138. The SMILES string of the molecule is N[C@@H](COCc1ccccc1)C(Oc1ccc2c(cnn2-c2ccc(F)cc2)c1)c1cccc(F)c1. The van der Waals surface area contributed by atoms with Gasteiger partial charge in [0.15, 0.2) is 0 Å². The average molecular weight is 486 g/mol. The summed E-state index contributed by atoms with van der Waals surface area (Å²) >= 11 is 0. The number of hydrogen-bond acceptors (Lipinski definition) is 4. The molecule has 0 bridgehead atoms. The molecule has 0 fully saturated rings. The Morgan fingerprint density at radius 2 is 1.64 bits per heavy atom. The summed E-state index contributed by atoms with van der Waals surface area (Å²) in [6, 6.07) is 27.2. The Balaban J connectivity index is 1.36. The predicted octanol–water partition coefficient (Wildman–Crippen LogP) is 5.97. The number of fused-ring (bicyclic) bond motifs is 1. The van der Waals surface area contributed by atoms with Crippen LogP contribution in [-0.2, 0) is 11.3 Å². The monoisotopic (exact) mass is 485 g/mol. The van der Waals surface area contributed by atoms with Gasteiger partial charge < -0.3 is 15.2 Å². The Kier molecular flexibility index (Phi) is 7.02. The summed E-state index contributed by atoms with van der Waals surface area (Å²) in [7, 11) is 0. The Hall–Kier alpha value is -4.07. The topological polar surface area (TPSA) is 62.3 Å². The second-order valence-corrected chi connectivity index (χ2v) is 8.51. The van der Waals surface area contributed by atoms with Crippen molar-refractivity contribution in [2.45, 2.75) is 18.8 Å². The second kappa shape index (κ2) is 10.7. The van der Waals surface area contributed by atoms with Crippen molar-refractivity contribution in [1.82, 2.24) is 9.78 Å². The van der Waals surface area contributed by atoms with Crippen molar-refractivity contribution in [1.29, 1.82) is 0 Å². The first-order valence-corrected chi connectivity index (χ1v) is 11.6. The molecule has 0 aliphatic heterocycles. The molecular weight excluding hydrogens is 460 g/mol. The molecule has 0 saturated heterocycles. The van der Waals surface area contributed by atoms with E-state index in [2.05, 4.69) is 5.10 Å². The summed E-state index contributed by atoms with van der Waals surface area (Å²) in [5.41, 5.74) is 9.74. The van der Waals surface area contributed by atoms with Crippen molar-refractivity contribution in [3.63, 3.8) is 0 Å². The van der Waals surface area contributed by atoms with Gasteiger partial charge in [0.2, 0.25) is 0 Å². The van der Waals surface area contributed by atoms with Crippen LogP contribution < -0.4 is 10.5 Å². The van der Waals surface area contributed by atoms with Crippen LogP contribution in [0.2, 0.25) is 0 Å². The molecule has 182 valence electrons. The van der Waals surface area contributed by atoms with Crippen LogP contribution in [0.1, 0.15) is 17.2 Å². The van der Waals surface area contributed by atoms with E-state index in [1.165, 1.54) is 24.3 Å². The molecule has 0 aliphatic carbocycles. The van der Waals surface area contributed by atoms with E-state index in [1.807, 2.05) is 48.5 Å². The van der Waals surface area contributed by atoms with Gasteiger partial charge in [0, 0.05) is 5.39 Å². The third-order valence-corrected chi connectivity index (χ3v) is 5.86. The van der Waals surface area contributed by atoms with Crippen LogP contribution >= 0.6 is 0 Å². The van der Waals surface area contributed by atoms with E-state index in [9.17, 15) is 8.78 Å². The number of benzene rings is 4. The summed E-state index contributed by atoms with van der Waals surface area (Å²) in [4.78, 5) is 0. The van der Waals surface area contributed by atoms with Gasteiger partial charge in [0.1, 0.15) is 23.5 Å². The standard InChI is InChI=1S/C29H25F2N3O2/c30-23-9-11-25(12-10-23)34-28-14-13-26(16-22(28)17-33-34)36-29(21-7-4-8-24(31)15-21)27(32)19-35-18-20-5-2-1-3-6-20/h1-17,27,29H,18-19,32H2/t27-,29?/m0/s1. The number of aromatic nitrogens is 2. The second-order valence-electron chi connectivity index (χ2n) is 8.51. The lowest BCUT2D eigenvalue weighted by molar-refractivity contribution is 0.0644. The maximum absolute atomic E-state index is 14.0. The van der Waals surface area contributed by atoms with Crippen LogP contribution in [0.3, 0.4) is 0 Å². The first-order valence-electron chi connectivity index (χ1n) is 11.6. The minimum Gasteiger partial charge on any atom is -0.484 e. The van der Waals surface area contributed by atoms with Crippen LogP contribution in [0.15, 0.2) is 103 Å². The first kappa shape index (κ1) is 23.7. The Morgan fingerprint density at radius 1 is 0.833 bits per heavy atom. The van der Waals surface area contributed by atoms with E-state index in [1.54, 1.807) is 35.1 Å². The third kappa shape index (κ3) is 5.43. The van der Waals surface area contributed by atoms with Crippen LogP contribution in [0.5, 0.6) is 5.75 Å². The van der Waals surface area contributed by atoms with Crippen molar-refractivity contribution < 1.29 is 18.3 Å². The summed E-state index contributed by atoms with van der Waals surface area (Å²) in [6.07, 6.45) is 1.08. The molecule has 0 spiro atoms. The Bertz CT molecular complexity index is 1440. The molecule has 5 aromatic rings. The molecule has 36 heavy (non-hydrogen) atoms. The molecule has 7 heteroatoms. The lowest BCUT2D eigenvalue weighted by Gasteiger charge is -2.26. The molecule has 2 atom stereocenters. The van der Waals surface area contributed by atoms with E-state index in [0.717, 1.165) is 22.2 Å². The summed E-state index contributed by atoms with van der Waals surface area (Å²) in [6.45, 7) is 0.639. The van der Waals surface area contributed by atoms with Crippen molar-refractivity contribution in [2.24, 2.45) is 5.73 Å². The van der Waals surface area contributed by atoms with Gasteiger partial charge in [-0.05, 0) is 65.7 Å². The molecule has 0 saturated carbocycles. The third-order valence-electron chi connectivity index (χ3n) is 5.86. The smallest absolute Gasteiger partial charge is 0.141 e. The number of hydrogen-bond donors (Lipinski definition) is 1. The minimum atomic E-state index is -0.638. The normalized spacial score (nSPS) is 13.0. The minimum absolute atomic E-state index is 0.223. The van der Waals surface area contributed by atoms with Crippen LogP contribution in [-0.4, -0.2) is 22.4 Å². The van der Waals surface area contributed by atoms with Crippen LogP contribution in [0.25, 0.3) is 16.6 Å². The number of nitrogens with two attached hydrogens (primary N) is 1. The lowest BCUT2D eigenvalue weighted by atomic mass is 10.0. The molecule has 5 nitrogen and oxygen atoms in total. The summed E-state index contributed by atoms with van der Waals surface area (Å²) in [5, 5.41) is 5.27. The molecule has 1 aromatic heterocycles. The summed E-state index contributed by atoms with van der Waals surface area (Å²) in [5.74, 6) is -0.109. The van der Waals surface area contributed by atoms with Gasteiger partial charge in [-0.3, -0.25) is 0 Å². The van der Waals surface area contributed by atoms with Crippen molar-refractivity contribution in [3.05, 3.63) is 126 Å². The van der Waals surface area contributed by atoms with E-state index in [-0.39, 0.29) is 18.2 Å². The molecule has 2 N–H and O–H groups in total. The van der Waals surface area contributed by atoms with E-state index in [0.29, 0.717) is 17.9 Å². The zero-order chi connectivity index (χ0) is 24.9. The molecule has 4 aromatic carbocycles. The maximum Gasteiger partial charge on any atom is 0.141 e. The van der Waals surface area contributed by atoms with Crippen molar-refractivity contribution >= 4 is 10.9 Å². The quantitative estimate of drug-likeness (QED) is 0.280. The van der Waals surface area contributed by atoms with Gasteiger partial charge in [-0.2, -0.15) is 5.10 Å². The number of ether oxygens (including phenoxy) is 2. The predicted molar refractivity (Wildman–Crippen MR) is 135 cm³/mol. The van der Waals surface area contributed by atoms with E-state index < -0.39 is 12.1 Å². The van der Waals surface area contributed by atoms with Gasteiger partial charge in [0.05, 0.1) is 36.7 Å². The van der Waals surface area contributed by atoms with Crippen molar-refractivity contribution in [3.8, 4) is 11.4 Å². The Labute approximate surface area is 207 Å². The average Bonchev–Trinajstić information content (AvgIpc) is 3.31. The number of halogens is 2. The van der Waals surface area contributed by atoms with Gasteiger partial charge in [-0.15, -0.1) is 0 Å². The zero-order valence-electron chi connectivity index (χ0n) is 19.4. The highest BCUT2D eigenvalue weighted by Crippen LogP contribution is 2.29. The molecule has 1 heterocycles. The molecule has 5 rings (SSSR count). The number of rotatable bonds is 9. The van der Waals surface area contributed by atoms with Gasteiger partial charge in [0.25, 0.3) is 0 Å². The molecule has 0 amide bonds. The highest BCUT2D eigenvalue weighted by Gasteiger charge is 2.23. The van der Waals surface area contributed by atoms with Crippen LogP contribution in [0, 0.1) is 11.6 Å². The fourth-order valence-electron chi connectivity index (χ4n) is 4.08. The van der Waals surface area contributed by atoms with E-state index in [4.69, 9.17) is 15.2 Å². The molecule has 0 aliphatic rings. The first-order chi connectivity index (χ1) is 17.6. The van der Waals surface area contributed by atoms with Gasteiger partial charge in [-0.1, -0.05) is 42.5 Å². The van der Waals surface area contributed by atoms with Gasteiger partial charge >= 0.3 is 0 Å². The number of nitrogens with zero attached hydrogens (tertiary/aromatic N) is 2. The largest absolute Gasteiger partial charge is 0.484 e. The highest BCUT2D eigenvalue weighted by molar-refractivity contribution is 5.81. The van der Waals surface area contributed by atoms with Crippen molar-refractivity contribution in [2.75, 3.05) is 6.61 Å². The molecule has 1 unspecified atom stereocenters. The zero-order valence-corrected chi connectivity index (χ0v) is 19.4. The van der Waals surface area contributed by atoms with E-state index >= 15 is 0 Å². The highest BCUT2D eigenvalue weighted by atomic mass is 19.1. The Morgan fingerprint density at radius 3 is 2.42 bits per heavy atom. The lowest BCUT2D eigenvalue weighted by Crippen LogP contribution is -2.36. The summed E-state index contributed by atoms with van der Waals surface area (Å²) < 4.78 is 41.2. The maximum atomic E-state index is 14.0. The molecular formula is C29H25F2N3O2. The van der Waals surface area contributed by atoms with Crippen LogP contribution in [0.4, 0.5) is 8.78 Å². The fourth-order valence-corrected chi connectivity index (χ4v) is 4.08.